The van der Waals surface area contributed by atoms with Crippen molar-refractivity contribution in [3.63, 3.8) is 0 Å². The van der Waals surface area contributed by atoms with E-state index in [0.717, 1.165) is 5.75 Å². The van der Waals surface area contributed by atoms with Crippen molar-refractivity contribution in [3.05, 3.63) is 29.8 Å². The number of rotatable bonds is 3. The minimum absolute atomic E-state index is 0.622. The summed E-state index contributed by atoms with van der Waals surface area (Å²) in [6, 6.07) is 8.56. The molecule has 2 heterocycles. The van der Waals surface area contributed by atoms with E-state index in [1.807, 2.05) is 0 Å². The fraction of sp³-hybridized carbons (Fsp3) is 0.684. The number of hydrogen-bond acceptors (Lipinski definition) is 3. The molecule has 3 nitrogen and oxygen atoms in total. The number of nitrogens with zero attached hydrogens (tertiary/aromatic N) is 1. The number of para-hydroxylation sites is 1. The monoisotopic (exact) mass is 300 g/mol. The summed E-state index contributed by atoms with van der Waals surface area (Å²) in [5.74, 6) is 1.72. The summed E-state index contributed by atoms with van der Waals surface area (Å²) in [7, 11) is 1.79. The Labute approximate surface area is 134 Å². The van der Waals surface area contributed by atoms with Crippen molar-refractivity contribution in [2.45, 2.75) is 50.6 Å². The van der Waals surface area contributed by atoms with Crippen molar-refractivity contribution in [2.24, 2.45) is 5.41 Å². The minimum Gasteiger partial charge on any atom is -0.496 e. The third-order valence-corrected chi connectivity index (χ3v) is 6.30. The Morgan fingerprint density at radius 1 is 1.14 bits per heavy atom. The van der Waals surface area contributed by atoms with Crippen LogP contribution >= 0.6 is 0 Å². The number of ether oxygens (including phenoxy) is 1. The van der Waals surface area contributed by atoms with Gasteiger partial charge in [-0.05, 0) is 43.2 Å². The number of methoxy groups -OCH3 is 1. The van der Waals surface area contributed by atoms with Crippen molar-refractivity contribution >= 4 is 0 Å². The Morgan fingerprint density at radius 2 is 1.86 bits per heavy atom. The lowest BCUT2D eigenvalue weighted by molar-refractivity contribution is -0.0438. The van der Waals surface area contributed by atoms with E-state index in [-0.39, 0.29) is 0 Å². The topological polar surface area (TPSA) is 24.5 Å². The first-order valence-corrected chi connectivity index (χ1v) is 8.93. The van der Waals surface area contributed by atoms with Gasteiger partial charge in [0.15, 0.2) is 0 Å². The van der Waals surface area contributed by atoms with Gasteiger partial charge in [-0.25, -0.2) is 0 Å². The van der Waals surface area contributed by atoms with E-state index < -0.39 is 0 Å². The molecule has 1 saturated carbocycles. The van der Waals surface area contributed by atoms with Crippen molar-refractivity contribution in [2.75, 3.05) is 26.7 Å². The molecule has 1 atom stereocenters. The largest absolute Gasteiger partial charge is 0.496 e. The van der Waals surface area contributed by atoms with Crippen LogP contribution in [0.3, 0.4) is 0 Å². The Kier molecular flexibility index (Phi) is 3.87. The Hall–Kier alpha value is -1.06. The number of benzene rings is 1. The smallest absolute Gasteiger partial charge is 0.122 e. The van der Waals surface area contributed by atoms with Crippen molar-refractivity contribution in [3.8, 4) is 5.75 Å². The molecule has 3 fully saturated rings. The maximum atomic E-state index is 5.56. The number of hydrogen-bond donors (Lipinski definition) is 1. The van der Waals surface area contributed by atoms with Gasteiger partial charge in [0, 0.05) is 25.0 Å². The molecule has 120 valence electrons. The van der Waals surface area contributed by atoms with Gasteiger partial charge >= 0.3 is 0 Å². The average Bonchev–Trinajstić information content (AvgIpc) is 3.07. The second-order valence-corrected chi connectivity index (χ2v) is 7.41. The molecule has 0 bridgehead atoms. The zero-order valence-electron chi connectivity index (χ0n) is 13.7. The van der Waals surface area contributed by atoms with Gasteiger partial charge in [0.1, 0.15) is 5.75 Å². The Balaban J connectivity index is 1.40. The van der Waals surface area contributed by atoms with Crippen LogP contribution in [0.1, 0.15) is 50.0 Å². The van der Waals surface area contributed by atoms with Crippen LogP contribution in [0.2, 0.25) is 0 Å². The zero-order valence-corrected chi connectivity index (χ0v) is 13.7. The molecule has 1 aromatic carbocycles. The summed E-state index contributed by atoms with van der Waals surface area (Å²) in [4.78, 5) is 2.72. The fourth-order valence-electron chi connectivity index (χ4n) is 5.00. The predicted molar refractivity (Wildman–Crippen MR) is 89.2 cm³/mol. The van der Waals surface area contributed by atoms with Gasteiger partial charge in [0.05, 0.1) is 13.3 Å². The minimum atomic E-state index is 0.622. The van der Waals surface area contributed by atoms with Crippen LogP contribution in [0, 0.1) is 5.41 Å². The summed E-state index contributed by atoms with van der Waals surface area (Å²) in [6.07, 6.45) is 8.94. The second kappa shape index (κ2) is 5.86. The molecule has 3 aliphatic rings. The molecule has 2 saturated heterocycles. The standard InChI is InChI=1S/C19H28N2O/c1-22-17-7-3-2-6-16(17)15-8-12-21(13-9-15)18-19(14-20-18)10-4-5-11-19/h2-3,6-7,15,18,20H,4-5,8-14H2,1H3. The van der Waals surface area contributed by atoms with Crippen LogP contribution in [0.25, 0.3) is 0 Å². The van der Waals surface area contributed by atoms with E-state index >= 15 is 0 Å². The highest BCUT2D eigenvalue weighted by atomic mass is 16.5. The van der Waals surface area contributed by atoms with E-state index in [4.69, 9.17) is 4.74 Å². The van der Waals surface area contributed by atoms with Crippen LogP contribution in [0.5, 0.6) is 5.75 Å². The fourth-order valence-corrected chi connectivity index (χ4v) is 5.00. The first kappa shape index (κ1) is 14.5. The number of nitrogens with one attached hydrogen (secondary N) is 1. The molecule has 1 aromatic rings. The van der Waals surface area contributed by atoms with Gasteiger partial charge in [0.25, 0.3) is 0 Å². The van der Waals surface area contributed by atoms with Gasteiger partial charge in [-0.1, -0.05) is 31.0 Å². The summed E-state index contributed by atoms with van der Waals surface area (Å²) >= 11 is 0. The molecule has 4 rings (SSSR count). The van der Waals surface area contributed by atoms with Gasteiger partial charge in [-0.2, -0.15) is 0 Å². The summed E-state index contributed by atoms with van der Waals surface area (Å²) < 4.78 is 5.56. The van der Waals surface area contributed by atoms with E-state index in [1.54, 1.807) is 7.11 Å². The molecule has 3 heteroatoms. The van der Waals surface area contributed by atoms with E-state index in [2.05, 4.69) is 34.5 Å². The van der Waals surface area contributed by atoms with Crippen LogP contribution in [0.4, 0.5) is 0 Å². The number of likely N-dealkylation sites (tertiary alicyclic amines) is 1. The molecule has 2 aliphatic heterocycles. The summed E-state index contributed by atoms with van der Waals surface area (Å²) in [5, 5.41) is 3.73. The van der Waals surface area contributed by atoms with Crippen LogP contribution in [0.15, 0.2) is 24.3 Å². The van der Waals surface area contributed by atoms with Crippen molar-refractivity contribution < 1.29 is 4.74 Å². The zero-order chi connectivity index (χ0) is 15.0. The van der Waals surface area contributed by atoms with Crippen LogP contribution in [-0.2, 0) is 0 Å². The molecule has 1 spiro atoms. The average molecular weight is 300 g/mol. The molecule has 1 aliphatic carbocycles. The molecule has 1 N–H and O–H groups in total. The first-order valence-electron chi connectivity index (χ1n) is 8.93. The van der Waals surface area contributed by atoms with Crippen molar-refractivity contribution in [1.82, 2.24) is 10.2 Å². The highest BCUT2D eigenvalue weighted by Gasteiger charge is 2.50. The first-order chi connectivity index (χ1) is 10.8. The predicted octanol–water partition coefficient (Wildman–Crippen LogP) is 3.36. The lowest BCUT2D eigenvalue weighted by Crippen LogP contribution is -2.69. The molecule has 0 radical (unpaired) electrons. The molecular weight excluding hydrogens is 272 g/mol. The van der Waals surface area contributed by atoms with E-state index in [0.29, 0.717) is 17.5 Å². The lowest BCUT2D eigenvalue weighted by Gasteiger charge is -2.55. The second-order valence-electron chi connectivity index (χ2n) is 7.41. The highest BCUT2D eigenvalue weighted by Crippen LogP contribution is 2.47. The van der Waals surface area contributed by atoms with Crippen molar-refractivity contribution in [1.29, 1.82) is 0 Å². The molecule has 22 heavy (non-hydrogen) atoms. The summed E-state index contributed by atoms with van der Waals surface area (Å²) in [5.41, 5.74) is 2.03. The maximum Gasteiger partial charge on any atom is 0.122 e. The lowest BCUT2D eigenvalue weighted by atomic mass is 9.74. The normalized spacial score (nSPS) is 28.7. The maximum absolute atomic E-state index is 5.56. The Morgan fingerprint density at radius 3 is 2.50 bits per heavy atom. The Bertz CT molecular complexity index is 516. The van der Waals surface area contributed by atoms with E-state index in [9.17, 15) is 0 Å². The van der Waals surface area contributed by atoms with E-state index in [1.165, 1.54) is 63.7 Å². The van der Waals surface area contributed by atoms with Crippen LogP contribution in [-0.4, -0.2) is 37.8 Å². The third kappa shape index (κ3) is 2.35. The third-order valence-electron chi connectivity index (χ3n) is 6.30. The molecule has 1 unspecified atom stereocenters. The molecule has 0 amide bonds. The molecule has 0 aromatic heterocycles. The van der Waals surface area contributed by atoms with Gasteiger partial charge in [-0.3, -0.25) is 4.90 Å². The van der Waals surface area contributed by atoms with Gasteiger partial charge in [-0.15, -0.1) is 0 Å². The van der Waals surface area contributed by atoms with Gasteiger partial charge < -0.3 is 10.1 Å². The molecular formula is C19H28N2O. The quantitative estimate of drug-likeness (QED) is 0.926. The van der Waals surface area contributed by atoms with Crippen LogP contribution < -0.4 is 10.1 Å². The SMILES string of the molecule is COc1ccccc1C1CCN(C2NCC23CCCC3)CC1. The summed E-state index contributed by atoms with van der Waals surface area (Å²) in [6.45, 7) is 3.70. The highest BCUT2D eigenvalue weighted by molar-refractivity contribution is 5.36. The van der Waals surface area contributed by atoms with Gasteiger partial charge in [0.2, 0.25) is 0 Å². The number of piperidine rings is 1.